The highest BCUT2D eigenvalue weighted by Gasteiger charge is 2.26. The van der Waals surface area contributed by atoms with Crippen molar-refractivity contribution in [1.29, 1.82) is 0 Å². The molecule has 0 N–H and O–H groups in total. The van der Waals surface area contributed by atoms with Gasteiger partial charge in [0.1, 0.15) is 5.82 Å². The second kappa shape index (κ2) is 7.03. The van der Waals surface area contributed by atoms with E-state index >= 15 is 0 Å². The molecular formula is C15H26N4OS. The molecule has 0 amide bonds. The van der Waals surface area contributed by atoms with Crippen LogP contribution in [-0.2, 0) is 11.2 Å². The Morgan fingerprint density at radius 1 is 1.19 bits per heavy atom. The molecule has 0 aliphatic carbocycles. The number of hydrogen-bond donors (Lipinski definition) is 0. The van der Waals surface area contributed by atoms with Crippen molar-refractivity contribution >= 4 is 16.7 Å². The fourth-order valence-corrected chi connectivity index (χ4v) is 3.90. The Bertz CT molecular complexity index is 437. The summed E-state index contributed by atoms with van der Waals surface area (Å²) in [4.78, 5) is 9.74. The number of aromatic nitrogens is 2. The second-order valence-corrected chi connectivity index (χ2v) is 7.19. The van der Waals surface area contributed by atoms with Gasteiger partial charge >= 0.3 is 0 Å². The highest BCUT2D eigenvalue weighted by Crippen LogP contribution is 2.22. The van der Waals surface area contributed by atoms with E-state index in [4.69, 9.17) is 9.72 Å². The van der Waals surface area contributed by atoms with Crippen molar-refractivity contribution in [2.24, 2.45) is 5.92 Å². The van der Waals surface area contributed by atoms with E-state index in [1.807, 2.05) is 0 Å². The lowest BCUT2D eigenvalue weighted by molar-refractivity contribution is 0.0321. The van der Waals surface area contributed by atoms with Crippen molar-refractivity contribution in [1.82, 2.24) is 14.3 Å². The van der Waals surface area contributed by atoms with Crippen LogP contribution in [0.3, 0.4) is 0 Å². The van der Waals surface area contributed by atoms with Crippen LogP contribution in [0.2, 0.25) is 0 Å². The predicted octanol–water partition coefficient (Wildman–Crippen LogP) is 2.04. The lowest BCUT2D eigenvalue weighted by atomic mass is 10.1. The first-order valence-electron chi connectivity index (χ1n) is 8.11. The fraction of sp³-hybridized carbons (Fsp3) is 0.867. The third kappa shape index (κ3) is 3.93. The highest BCUT2D eigenvalue weighted by molar-refractivity contribution is 7.09. The van der Waals surface area contributed by atoms with Gasteiger partial charge in [-0.25, -0.2) is 4.98 Å². The molecule has 0 aromatic carbocycles. The fourth-order valence-electron chi connectivity index (χ4n) is 3.15. The van der Waals surface area contributed by atoms with Crippen molar-refractivity contribution in [2.75, 3.05) is 44.3 Å². The summed E-state index contributed by atoms with van der Waals surface area (Å²) < 4.78 is 9.96. The normalized spacial score (nSPS) is 22.1. The van der Waals surface area contributed by atoms with Gasteiger partial charge in [0.15, 0.2) is 0 Å². The van der Waals surface area contributed by atoms with Gasteiger partial charge < -0.3 is 9.64 Å². The minimum absolute atomic E-state index is 0.623. The minimum Gasteiger partial charge on any atom is -0.381 e. The molecular weight excluding hydrogens is 284 g/mol. The van der Waals surface area contributed by atoms with Gasteiger partial charge in [0, 0.05) is 63.4 Å². The molecule has 6 heteroatoms. The van der Waals surface area contributed by atoms with Crippen LogP contribution in [0.25, 0.3) is 0 Å². The summed E-state index contributed by atoms with van der Waals surface area (Å²) in [6.07, 6.45) is 3.37. The van der Waals surface area contributed by atoms with Crippen LogP contribution in [-0.4, -0.2) is 59.7 Å². The number of anilines is 1. The molecule has 0 radical (unpaired) electrons. The van der Waals surface area contributed by atoms with Crippen molar-refractivity contribution in [3.05, 3.63) is 5.82 Å². The first-order chi connectivity index (χ1) is 10.2. The average molecular weight is 310 g/mol. The second-order valence-electron chi connectivity index (χ2n) is 6.46. The summed E-state index contributed by atoms with van der Waals surface area (Å²) in [6, 6.07) is 0.729. The van der Waals surface area contributed by atoms with E-state index in [9.17, 15) is 0 Å². The molecule has 1 aromatic heterocycles. The highest BCUT2D eigenvalue weighted by atomic mass is 32.1. The topological polar surface area (TPSA) is 41.5 Å². The van der Waals surface area contributed by atoms with E-state index in [0.717, 1.165) is 62.8 Å². The summed E-state index contributed by atoms with van der Waals surface area (Å²) >= 11 is 1.56. The number of hydrogen-bond acceptors (Lipinski definition) is 6. The first kappa shape index (κ1) is 15.2. The van der Waals surface area contributed by atoms with Gasteiger partial charge in [-0.1, -0.05) is 13.8 Å². The minimum atomic E-state index is 0.623. The zero-order chi connectivity index (χ0) is 14.7. The molecule has 0 atom stereocenters. The maximum absolute atomic E-state index is 5.46. The number of rotatable bonds is 4. The van der Waals surface area contributed by atoms with Crippen molar-refractivity contribution in [2.45, 2.75) is 39.2 Å². The molecule has 5 nitrogen and oxygen atoms in total. The smallest absolute Gasteiger partial charge is 0.205 e. The van der Waals surface area contributed by atoms with Gasteiger partial charge in [-0.05, 0) is 18.8 Å². The molecule has 0 spiro atoms. The molecule has 0 unspecified atom stereocenters. The molecule has 21 heavy (non-hydrogen) atoms. The quantitative estimate of drug-likeness (QED) is 0.851. The predicted molar refractivity (Wildman–Crippen MR) is 86.1 cm³/mol. The van der Waals surface area contributed by atoms with Crippen LogP contribution in [0.15, 0.2) is 0 Å². The molecule has 2 aliphatic heterocycles. The van der Waals surface area contributed by atoms with Crippen LogP contribution in [0.4, 0.5) is 5.13 Å². The lowest BCUT2D eigenvalue weighted by Gasteiger charge is -2.40. The molecule has 0 bridgehead atoms. The van der Waals surface area contributed by atoms with Gasteiger partial charge in [-0.3, -0.25) is 4.90 Å². The van der Waals surface area contributed by atoms with Gasteiger partial charge in [0.05, 0.1) is 0 Å². The standard InChI is InChI=1S/C15H26N4OS/c1-12(2)11-14-16-15(21-17-14)19-7-5-18(6-8-19)13-3-9-20-10-4-13/h12-13H,3-11H2,1-2H3. The third-order valence-electron chi connectivity index (χ3n) is 4.34. The molecule has 1 aromatic rings. The summed E-state index contributed by atoms with van der Waals surface area (Å²) in [7, 11) is 0. The molecule has 3 rings (SSSR count). The molecule has 2 fully saturated rings. The van der Waals surface area contributed by atoms with Crippen molar-refractivity contribution in [3.8, 4) is 0 Å². The molecule has 118 valence electrons. The zero-order valence-corrected chi connectivity index (χ0v) is 13.9. The van der Waals surface area contributed by atoms with Crippen LogP contribution in [0, 0.1) is 5.92 Å². The Balaban J connectivity index is 1.51. The summed E-state index contributed by atoms with van der Waals surface area (Å²) in [5, 5.41) is 1.11. The summed E-state index contributed by atoms with van der Waals surface area (Å²) in [6.45, 7) is 10.7. The van der Waals surface area contributed by atoms with Crippen LogP contribution >= 0.6 is 11.5 Å². The maximum atomic E-state index is 5.46. The SMILES string of the molecule is CC(C)Cc1nsc(N2CCN(C3CCOCC3)CC2)n1. The van der Waals surface area contributed by atoms with Crippen LogP contribution in [0.5, 0.6) is 0 Å². The monoisotopic (exact) mass is 310 g/mol. The van der Waals surface area contributed by atoms with Crippen LogP contribution in [0.1, 0.15) is 32.5 Å². The number of piperazine rings is 1. The van der Waals surface area contributed by atoms with Crippen molar-refractivity contribution < 1.29 is 4.74 Å². The Kier molecular flexibility index (Phi) is 5.08. The maximum Gasteiger partial charge on any atom is 0.205 e. The Morgan fingerprint density at radius 2 is 1.90 bits per heavy atom. The van der Waals surface area contributed by atoms with E-state index in [1.165, 1.54) is 12.8 Å². The molecule has 2 aliphatic rings. The Labute approximate surface area is 131 Å². The molecule has 0 saturated carbocycles. The Hall–Kier alpha value is -0.720. The van der Waals surface area contributed by atoms with Gasteiger partial charge in [0.25, 0.3) is 0 Å². The third-order valence-corrected chi connectivity index (χ3v) is 5.16. The Morgan fingerprint density at radius 3 is 2.57 bits per heavy atom. The lowest BCUT2D eigenvalue weighted by Crippen LogP contribution is -2.51. The van der Waals surface area contributed by atoms with Gasteiger partial charge in [0.2, 0.25) is 5.13 Å². The van der Waals surface area contributed by atoms with Gasteiger partial charge in [-0.15, -0.1) is 0 Å². The van der Waals surface area contributed by atoms with E-state index < -0.39 is 0 Å². The zero-order valence-electron chi connectivity index (χ0n) is 13.1. The van der Waals surface area contributed by atoms with E-state index in [2.05, 4.69) is 28.0 Å². The average Bonchev–Trinajstić information content (AvgIpc) is 2.96. The van der Waals surface area contributed by atoms with E-state index in [-0.39, 0.29) is 0 Å². The molecule has 2 saturated heterocycles. The van der Waals surface area contributed by atoms with Gasteiger partial charge in [-0.2, -0.15) is 4.37 Å². The van der Waals surface area contributed by atoms with E-state index in [0.29, 0.717) is 5.92 Å². The number of ether oxygens (including phenoxy) is 1. The summed E-state index contributed by atoms with van der Waals surface area (Å²) in [5.41, 5.74) is 0. The van der Waals surface area contributed by atoms with Crippen molar-refractivity contribution in [3.63, 3.8) is 0 Å². The van der Waals surface area contributed by atoms with Crippen LogP contribution < -0.4 is 4.90 Å². The largest absolute Gasteiger partial charge is 0.381 e. The first-order valence-corrected chi connectivity index (χ1v) is 8.89. The number of nitrogens with zero attached hydrogens (tertiary/aromatic N) is 4. The summed E-state index contributed by atoms with van der Waals surface area (Å²) in [5.74, 6) is 1.63. The molecule has 3 heterocycles. The van der Waals surface area contributed by atoms with E-state index in [1.54, 1.807) is 11.5 Å².